The first-order valence-electron chi connectivity index (χ1n) is 5.92. The lowest BCUT2D eigenvalue weighted by Crippen LogP contribution is -1.84. The SMILES string of the molecule is COc1ccc(C=C(C#N)c2ccc(O)c(O)c2)cc1. The Kier molecular flexibility index (Phi) is 3.92. The van der Waals surface area contributed by atoms with Gasteiger partial charge < -0.3 is 14.9 Å². The van der Waals surface area contributed by atoms with E-state index in [0.717, 1.165) is 11.3 Å². The molecule has 2 N–H and O–H groups in total. The number of aromatic hydroxyl groups is 2. The zero-order chi connectivity index (χ0) is 14.5. The van der Waals surface area contributed by atoms with Crippen LogP contribution < -0.4 is 4.74 Å². The monoisotopic (exact) mass is 267 g/mol. The highest BCUT2D eigenvalue weighted by Gasteiger charge is 2.05. The van der Waals surface area contributed by atoms with Crippen LogP contribution in [0.25, 0.3) is 11.6 Å². The van der Waals surface area contributed by atoms with Crippen molar-refractivity contribution in [2.75, 3.05) is 7.11 Å². The lowest BCUT2D eigenvalue weighted by Gasteiger charge is -2.03. The van der Waals surface area contributed by atoms with Crippen LogP contribution in [-0.2, 0) is 0 Å². The molecule has 0 aliphatic heterocycles. The summed E-state index contributed by atoms with van der Waals surface area (Å²) in [5.74, 6) is 0.275. The highest BCUT2D eigenvalue weighted by Crippen LogP contribution is 2.29. The van der Waals surface area contributed by atoms with Gasteiger partial charge in [-0.15, -0.1) is 0 Å². The molecule has 0 heterocycles. The fourth-order valence-corrected chi connectivity index (χ4v) is 1.74. The third-order valence-corrected chi connectivity index (χ3v) is 2.83. The smallest absolute Gasteiger partial charge is 0.158 e. The lowest BCUT2D eigenvalue weighted by atomic mass is 10.0. The van der Waals surface area contributed by atoms with E-state index < -0.39 is 0 Å². The predicted octanol–water partition coefficient (Wildman–Crippen LogP) is 3.17. The van der Waals surface area contributed by atoms with Gasteiger partial charge in [0.2, 0.25) is 0 Å². The molecule has 0 aromatic heterocycles. The molecule has 0 spiro atoms. The van der Waals surface area contributed by atoms with Crippen LogP contribution in [0.15, 0.2) is 42.5 Å². The van der Waals surface area contributed by atoms with Crippen LogP contribution in [0.4, 0.5) is 0 Å². The van der Waals surface area contributed by atoms with Crippen molar-refractivity contribution in [3.05, 3.63) is 53.6 Å². The van der Waals surface area contributed by atoms with Crippen molar-refractivity contribution in [1.82, 2.24) is 0 Å². The van der Waals surface area contributed by atoms with Gasteiger partial charge in [-0.1, -0.05) is 12.1 Å². The van der Waals surface area contributed by atoms with E-state index in [4.69, 9.17) is 4.74 Å². The first-order chi connectivity index (χ1) is 9.63. The summed E-state index contributed by atoms with van der Waals surface area (Å²) < 4.78 is 5.07. The minimum atomic E-state index is -0.251. The molecular formula is C16H13NO3. The largest absolute Gasteiger partial charge is 0.504 e. The first-order valence-corrected chi connectivity index (χ1v) is 5.92. The van der Waals surface area contributed by atoms with Gasteiger partial charge in [-0.05, 0) is 47.5 Å². The van der Waals surface area contributed by atoms with Crippen LogP contribution in [0, 0.1) is 11.3 Å². The van der Waals surface area contributed by atoms with Crippen LogP contribution in [0.5, 0.6) is 17.2 Å². The first kappa shape index (κ1) is 13.5. The van der Waals surface area contributed by atoms with E-state index >= 15 is 0 Å². The van der Waals surface area contributed by atoms with Crippen molar-refractivity contribution in [2.24, 2.45) is 0 Å². The third-order valence-electron chi connectivity index (χ3n) is 2.83. The van der Waals surface area contributed by atoms with Gasteiger partial charge in [-0.3, -0.25) is 0 Å². The maximum absolute atomic E-state index is 9.48. The van der Waals surface area contributed by atoms with Gasteiger partial charge in [0.1, 0.15) is 5.75 Å². The number of nitrogens with zero attached hydrogens (tertiary/aromatic N) is 1. The Morgan fingerprint density at radius 3 is 2.35 bits per heavy atom. The molecule has 2 rings (SSSR count). The van der Waals surface area contributed by atoms with Crippen LogP contribution in [0.3, 0.4) is 0 Å². The molecule has 0 aliphatic rings. The molecule has 0 bridgehead atoms. The van der Waals surface area contributed by atoms with Gasteiger partial charge in [0.15, 0.2) is 11.5 Å². The zero-order valence-corrected chi connectivity index (χ0v) is 10.9. The summed E-state index contributed by atoms with van der Waals surface area (Å²) >= 11 is 0. The lowest BCUT2D eigenvalue weighted by molar-refractivity contribution is 0.403. The summed E-state index contributed by atoms with van der Waals surface area (Å²) in [6, 6.07) is 13.6. The summed E-state index contributed by atoms with van der Waals surface area (Å²) in [6.45, 7) is 0. The maximum Gasteiger partial charge on any atom is 0.158 e. The van der Waals surface area contributed by atoms with E-state index in [0.29, 0.717) is 11.1 Å². The van der Waals surface area contributed by atoms with Gasteiger partial charge in [0.25, 0.3) is 0 Å². The van der Waals surface area contributed by atoms with Gasteiger partial charge in [0, 0.05) is 0 Å². The number of ether oxygens (including phenoxy) is 1. The molecular weight excluding hydrogens is 254 g/mol. The number of hydrogen-bond acceptors (Lipinski definition) is 4. The van der Waals surface area contributed by atoms with Crippen LogP contribution >= 0.6 is 0 Å². The Morgan fingerprint density at radius 2 is 1.80 bits per heavy atom. The van der Waals surface area contributed by atoms with Gasteiger partial charge in [-0.2, -0.15) is 5.26 Å². The Labute approximate surface area is 116 Å². The molecule has 4 nitrogen and oxygen atoms in total. The third kappa shape index (κ3) is 2.90. The average molecular weight is 267 g/mol. The second-order valence-corrected chi connectivity index (χ2v) is 4.15. The second kappa shape index (κ2) is 5.81. The summed E-state index contributed by atoms with van der Waals surface area (Å²) in [4.78, 5) is 0. The van der Waals surface area contributed by atoms with E-state index in [9.17, 15) is 15.5 Å². The zero-order valence-electron chi connectivity index (χ0n) is 10.9. The summed E-state index contributed by atoms with van der Waals surface area (Å²) in [6.07, 6.45) is 1.70. The quantitative estimate of drug-likeness (QED) is 0.509. The van der Waals surface area contributed by atoms with Crippen LogP contribution in [0.2, 0.25) is 0 Å². The Hall–Kier alpha value is -2.93. The molecule has 4 heteroatoms. The van der Waals surface area contributed by atoms with E-state index in [1.54, 1.807) is 31.4 Å². The number of nitriles is 1. The van der Waals surface area contributed by atoms with Crippen molar-refractivity contribution in [1.29, 1.82) is 5.26 Å². The number of benzene rings is 2. The number of hydrogen-bond donors (Lipinski definition) is 2. The summed E-state index contributed by atoms with van der Waals surface area (Å²) in [5, 5.41) is 28.0. The topological polar surface area (TPSA) is 73.5 Å². The molecule has 2 aromatic rings. The molecule has 100 valence electrons. The number of rotatable bonds is 3. The van der Waals surface area contributed by atoms with Crippen LogP contribution in [-0.4, -0.2) is 17.3 Å². The number of phenols is 2. The Balaban J connectivity index is 2.37. The minimum absolute atomic E-state index is 0.213. The van der Waals surface area contributed by atoms with E-state index in [-0.39, 0.29) is 11.5 Å². The molecule has 20 heavy (non-hydrogen) atoms. The van der Waals surface area contributed by atoms with Crippen molar-refractivity contribution in [3.8, 4) is 23.3 Å². The van der Waals surface area contributed by atoms with E-state index in [1.165, 1.54) is 12.1 Å². The molecule has 0 fully saturated rings. The molecule has 0 saturated carbocycles. The molecule has 0 atom stereocenters. The Morgan fingerprint density at radius 1 is 1.10 bits per heavy atom. The predicted molar refractivity (Wildman–Crippen MR) is 76.2 cm³/mol. The van der Waals surface area contributed by atoms with Gasteiger partial charge in [0.05, 0.1) is 18.8 Å². The number of methoxy groups -OCH3 is 1. The molecule has 2 aromatic carbocycles. The minimum Gasteiger partial charge on any atom is -0.504 e. The molecule has 0 unspecified atom stereocenters. The van der Waals surface area contributed by atoms with Crippen molar-refractivity contribution in [3.63, 3.8) is 0 Å². The number of allylic oxidation sites excluding steroid dienone is 1. The van der Waals surface area contributed by atoms with Gasteiger partial charge in [-0.25, -0.2) is 0 Å². The average Bonchev–Trinajstić information content (AvgIpc) is 2.48. The summed E-state index contributed by atoms with van der Waals surface area (Å²) in [5.41, 5.74) is 1.78. The van der Waals surface area contributed by atoms with Crippen molar-refractivity contribution in [2.45, 2.75) is 0 Å². The highest BCUT2D eigenvalue weighted by molar-refractivity contribution is 5.90. The molecule has 0 amide bonds. The summed E-state index contributed by atoms with van der Waals surface area (Å²) in [7, 11) is 1.59. The van der Waals surface area contributed by atoms with E-state index in [1.807, 2.05) is 12.1 Å². The molecule has 0 radical (unpaired) electrons. The standard InChI is InChI=1S/C16H13NO3/c1-20-14-5-2-11(3-6-14)8-13(10-17)12-4-7-15(18)16(19)9-12/h2-9,18-19H,1H3. The second-order valence-electron chi connectivity index (χ2n) is 4.15. The van der Waals surface area contributed by atoms with Gasteiger partial charge >= 0.3 is 0 Å². The maximum atomic E-state index is 9.48. The Bertz CT molecular complexity index is 682. The van der Waals surface area contributed by atoms with Crippen molar-refractivity contribution >= 4 is 11.6 Å². The van der Waals surface area contributed by atoms with E-state index in [2.05, 4.69) is 6.07 Å². The fraction of sp³-hybridized carbons (Fsp3) is 0.0625. The van der Waals surface area contributed by atoms with Crippen LogP contribution in [0.1, 0.15) is 11.1 Å². The van der Waals surface area contributed by atoms with Crippen molar-refractivity contribution < 1.29 is 14.9 Å². The molecule has 0 saturated heterocycles. The number of phenolic OH excluding ortho intramolecular Hbond substituents is 2. The molecule has 0 aliphatic carbocycles. The fourth-order valence-electron chi connectivity index (χ4n) is 1.74. The highest BCUT2D eigenvalue weighted by atomic mass is 16.5. The normalized spacial score (nSPS) is 10.9.